The second-order valence-electron chi connectivity index (χ2n) is 5.73. The van der Waals surface area contributed by atoms with Gasteiger partial charge in [-0.1, -0.05) is 12.1 Å². The normalized spacial score (nSPS) is 9.89. The van der Waals surface area contributed by atoms with Gasteiger partial charge in [0, 0.05) is 17.8 Å². The van der Waals surface area contributed by atoms with Gasteiger partial charge in [-0.25, -0.2) is 4.98 Å². The summed E-state index contributed by atoms with van der Waals surface area (Å²) >= 11 is 0. The number of benzene rings is 2. The van der Waals surface area contributed by atoms with Crippen LogP contribution in [0.2, 0.25) is 0 Å². The third-order valence-electron chi connectivity index (χ3n) is 3.99. The van der Waals surface area contributed by atoms with Crippen molar-refractivity contribution < 1.29 is 14.3 Å². The average Bonchev–Trinajstić information content (AvgIpc) is 2.74. The van der Waals surface area contributed by atoms with Crippen LogP contribution in [0.15, 0.2) is 60.8 Å². The molecule has 2 N–H and O–H groups in total. The van der Waals surface area contributed by atoms with E-state index in [1.54, 1.807) is 68.8 Å². The van der Waals surface area contributed by atoms with E-state index in [0.29, 0.717) is 39.8 Å². The summed E-state index contributed by atoms with van der Waals surface area (Å²) in [6.45, 7) is 0. The first-order chi connectivity index (χ1) is 13.6. The number of aromatic nitrogens is 1. The van der Waals surface area contributed by atoms with Crippen LogP contribution in [-0.2, 0) is 0 Å². The Morgan fingerprint density at radius 2 is 1.86 bits per heavy atom. The molecule has 0 unspecified atom stereocenters. The van der Waals surface area contributed by atoms with Gasteiger partial charge in [0.05, 0.1) is 31.2 Å². The zero-order chi connectivity index (χ0) is 19.9. The Bertz CT molecular complexity index is 1040. The maximum absolute atomic E-state index is 12.6. The highest BCUT2D eigenvalue weighted by Crippen LogP contribution is 2.31. The van der Waals surface area contributed by atoms with Gasteiger partial charge in [-0.3, -0.25) is 4.79 Å². The van der Waals surface area contributed by atoms with Gasteiger partial charge in [0.2, 0.25) is 0 Å². The molecule has 3 rings (SSSR count). The number of nitriles is 1. The van der Waals surface area contributed by atoms with Crippen molar-refractivity contribution in [2.75, 3.05) is 24.9 Å². The van der Waals surface area contributed by atoms with E-state index >= 15 is 0 Å². The largest absolute Gasteiger partial charge is 0.497 e. The molecule has 1 amide bonds. The number of nitrogens with one attached hydrogen (secondary N) is 2. The molecule has 0 saturated carbocycles. The molecule has 7 nitrogen and oxygen atoms in total. The van der Waals surface area contributed by atoms with Crippen LogP contribution in [0, 0.1) is 11.3 Å². The van der Waals surface area contributed by atoms with Crippen molar-refractivity contribution >= 4 is 23.1 Å². The number of anilines is 3. The minimum atomic E-state index is -0.338. The molecule has 1 aromatic heterocycles. The van der Waals surface area contributed by atoms with Crippen molar-refractivity contribution in [1.29, 1.82) is 5.26 Å². The molecular formula is C21H18N4O3. The lowest BCUT2D eigenvalue weighted by atomic mass is 10.1. The van der Waals surface area contributed by atoms with Crippen molar-refractivity contribution in [3.8, 4) is 17.6 Å². The molecular weight excluding hydrogens is 356 g/mol. The second kappa shape index (κ2) is 8.56. The quantitative estimate of drug-likeness (QED) is 0.678. The molecule has 0 aliphatic heterocycles. The Kier molecular flexibility index (Phi) is 5.72. The molecule has 2 aromatic carbocycles. The van der Waals surface area contributed by atoms with E-state index in [1.165, 1.54) is 6.20 Å². The molecule has 0 saturated heterocycles. The zero-order valence-corrected chi connectivity index (χ0v) is 15.4. The molecule has 0 bridgehead atoms. The Morgan fingerprint density at radius 3 is 2.61 bits per heavy atom. The predicted octanol–water partition coefficient (Wildman–Crippen LogP) is 3.97. The molecule has 7 heteroatoms. The van der Waals surface area contributed by atoms with Crippen LogP contribution < -0.4 is 20.1 Å². The van der Waals surface area contributed by atoms with Gasteiger partial charge in [-0.15, -0.1) is 0 Å². The molecule has 0 aliphatic rings. The maximum Gasteiger partial charge on any atom is 0.255 e. The summed E-state index contributed by atoms with van der Waals surface area (Å²) in [5, 5.41) is 15.0. The smallest absolute Gasteiger partial charge is 0.255 e. The van der Waals surface area contributed by atoms with E-state index in [9.17, 15) is 4.79 Å². The fourth-order valence-corrected chi connectivity index (χ4v) is 2.56. The van der Waals surface area contributed by atoms with E-state index in [2.05, 4.69) is 21.7 Å². The maximum atomic E-state index is 12.6. The number of nitrogens with zero attached hydrogens (tertiary/aromatic N) is 2. The lowest BCUT2D eigenvalue weighted by Gasteiger charge is -2.13. The van der Waals surface area contributed by atoms with Crippen molar-refractivity contribution in [2.45, 2.75) is 0 Å². The van der Waals surface area contributed by atoms with Gasteiger partial charge in [-0.2, -0.15) is 5.26 Å². The number of hydrogen-bond donors (Lipinski definition) is 2. The van der Waals surface area contributed by atoms with Crippen LogP contribution in [0.1, 0.15) is 15.9 Å². The predicted molar refractivity (Wildman–Crippen MR) is 106 cm³/mol. The summed E-state index contributed by atoms with van der Waals surface area (Å²) in [6, 6.07) is 17.4. The van der Waals surface area contributed by atoms with Gasteiger partial charge >= 0.3 is 0 Å². The highest BCUT2D eigenvalue weighted by Gasteiger charge is 2.11. The summed E-state index contributed by atoms with van der Waals surface area (Å²) < 4.78 is 10.6. The van der Waals surface area contributed by atoms with E-state index in [0.717, 1.165) is 0 Å². The molecule has 0 aliphatic carbocycles. The van der Waals surface area contributed by atoms with Crippen molar-refractivity contribution in [3.63, 3.8) is 0 Å². The number of carbonyl (C=O) groups is 1. The standard InChI is InChI=1S/C21H18N4O3/c1-27-16-7-8-18(19(12-16)28-2)24-20-11-14(9-10-23-20)21(26)25-17-6-4-3-5-15(17)13-22/h3-12H,1-2H3,(H,23,24)(H,25,26). The van der Waals surface area contributed by atoms with Gasteiger partial charge in [0.25, 0.3) is 5.91 Å². The summed E-state index contributed by atoms with van der Waals surface area (Å²) in [5.74, 6) is 1.39. The number of methoxy groups -OCH3 is 2. The van der Waals surface area contributed by atoms with E-state index in [4.69, 9.17) is 14.7 Å². The van der Waals surface area contributed by atoms with E-state index in [1.807, 2.05) is 0 Å². The third kappa shape index (κ3) is 4.19. The molecule has 0 atom stereocenters. The zero-order valence-electron chi connectivity index (χ0n) is 15.4. The van der Waals surface area contributed by atoms with Crippen molar-refractivity contribution in [1.82, 2.24) is 4.98 Å². The average molecular weight is 374 g/mol. The molecule has 1 heterocycles. The molecule has 0 fully saturated rings. The molecule has 0 radical (unpaired) electrons. The van der Waals surface area contributed by atoms with E-state index in [-0.39, 0.29) is 5.91 Å². The minimum Gasteiger partial charge on any atom is -0.497 e. The number of hydrogen-bond acceptors (Lipinski definition) is 6. The fourth-order valence-electron chi connectivity index (χ4n) is 2.56. The van der Waals surface area contributed by atoms with Gasteiger partial charge in [-0.05, 0) is 36.4 Å². The Labute approximate surface area is 162 Å². The highest BCUT2D eigenvalue weighted by molar-refractivity contribution is 6.05. The Balaban J connectivity index is 1.81. The molecule has 28 heavy (non-hydrogen) atoms. The number of para-hydroxylation sites is 1. The van der Waals surface area contributed by atoms with Crippen LogP contribution in [-0.4, -0.2) is 25.1 Å². The van der Waals surface area contributed by atoms with Crippen LogP contribution in [0.3, 0.4) is 0 Å². The van der Waals surface area contributed by atoms with Crippen LogP contribution >= 0.6 is 0 Å². The first-order valence-corrected chi connectivity index (χ1v) is 8.40. The number of rotatable bonds is 6. The molecule has 0 spiro atoms. The number of ether oxygens (including phenoxy) is 2. The number of amides is 1. The lowest BCUT2D eigenvalue weighted by molar-refractivity contribution is 0.102. The minimum absolute atomic E-state index is 0.338. The van der Waals surface area contributed by atoms with Gasteiger partial charge < -0.3 is 20.1 Å². The first kappa shape index (κ1) is 18.7. The fraction of sp³-hybridized carbons (Fsp3) is 0.0952. The lowest BCUT2D eigenvalue weighted by Crippen LogP contribution is -2.13. The van der Waals surface area contributed by atoms with Crippen LogP contribution in [0.25, 0.3) is 0 Å². The monoisotopic (exact) mass is 374 g/mol. The van der Waals surface area contributed by atoms with E-state index < -0.39 is 0 Å². The highest BCUT2D eigenvalue weighted by atomic mass is 16.5. The Morgan fingerprint density at radius 1 is 1.04 bits per heavy atom. The Hall–Kier alpha value is -4.05. The van der Waals surface area contributed by atoms with Crippen molar-refractivity contribution in [2.24, 2.45) is 0 Å². The van der Waals surface area contributed by atoms with Gasteiger partial charge in [0.1, 0.15) is 23.4 Å². The third-order valence-corrected chi connectivity index (χ3v) is 3.99. The molecule has 140 valence electrons. The van der Waals surface area contributed by atoms with Crippen LogP contribution in [0.5, 0.6) is 11.5 Å². The van der Waals surface area contributed by atoms with Crippen LogP contribution in [0.4, 0.5) is 17.2 Å². The summed E-state index contributed by atoms with van der Waals surface area (Å²) in [4.78, 5) is 16.8. The summed E-state index contributed by atoms with van der Waals surface area (Å²) in [6.07, 6.45) is 1.53. The second-order valence-corrected chi connectivity index (χ2v) is 5.73. The van der Waals surface area contributed by atoms with Crippen molar-refractivity contribution in [3.05, 3.63) is 71.9 Å². The molecule has 3 aromatic rings. The summed E-state index contributed by atoms with van der Waals surface area (Å²) in [7, 11) is 3.14. The first-order valence-electron chi connectivity index (χ1n) is 8.40. The summed E-state index contributed by atoms with van der Waals surface area (Å²) in [5.41, 5.74) is 1.94. The van der Waals surface area contributed by atoms with Gasteiger partial charge in [0.15, 0.2) is 0 Å². The number of carbonyl (C=O) groups excluding carboxylic acids is 1. The number of pyridine rings is 1. The topological polar surface area (TPSA) is 96.3 Å². The SMILES string of the molecule is COc1ccc(Nc2cc(C(=O)Nc3ccccc3C#N)ccn2)c(OC)c1.